The predicted molar refractivity (Wildman–Crippen MR) is 259 cm³/mol. The van der Waals surface area contributed by atoms with Crippen LogP contribution in [-0.4, -0.2) is 117 Å². The molecule has 0 bridgehead atoms. The Balaban J connectivity index is 1.38. The second-order valence-electron chi connectivity index (χ2n) is 18.0. The fourth-order valence-electron chi connectivity index (χ4n) is 7.45. The Morgan fingerprint density at radius 3 is 1.87 bits per heavy atom. The van der Waals surface area contributed by atoms with Crippen LogP contribution in [0.15, 0.2) is 73.3 Å². The zero-order chi connectivity index (χ0) is 51.5. The van der Waals surface area contributed by atoms with E-state index in [0.717, 1.165) is 16.5 Å². The van der Waals surface area contributed by atoms with Gasteiger partial charge in [0, 0.05) is 67.6 Å². The van der Waals surface area contributed by atoms with E-state index >= 15 is 0 Å². The number of nitrogens with two attached hydrogens (primary N) is 3. The minimum absolute atomic E-state index is 0.0148. The molecule has 378 valence electrons. The Kier molecular flexibility index (Phi) is 21.0. The molecule has 0 spiro atoms. The fraction of sp³-hybridized carbons (Fsp3) is 0.458. The quantitative estimate of drug-likeness (QED) is 0.0332. The molecule has 9 amide bonds. The number of aromatic nitrogens is 3. The van der Waals surface area contributed by atoms with Gasteiger partial charge in [-0.3, -0.25) is 43.2 Å². The number of benzene rings is 2. The minimum Gasteiger partial charge on any atom is -0.370 e. The predicted octanol–water partition coefficient (Wildman–Crippen LogP) is -0.866. The molecule has 0 unspecified atom stereocenters. The van der Waals surface area contributed by atoms with Crippen molar-refractivity contribution in [3.8, 4) is 0 Å². The van der Waals surface area contributed by atoms with Crippen LogP contribution in [0.4, 0.5) is 0 Å². The van der Waals surface area contributed by atoms with Crippen LogP contribution < -0.4 is 54.4 Å². The van der Waals surface area contributed by atoms with Gasteiger partial charge in [-0.15, -0.1) is 0 Å². The summed E-state index contributed by atoms with van der Waals surface area (Å²) in [5.41, 5.74) is 19.5. The number of para-hydroxylation sites is 1. The molecule has 7 atom stereocenters. The van der Waals surface area contributed by atoms with E-state index in [4.69, 9.17) is 17.2 Å². The average molecular weight is 970 g/mol. The molecule has 0 aliphatic rings. The number of fused-ring (bicyclic) bond motifs is 1. The lowest BCUT2D eigenvalue weighted by molar-refractivity contribution is -0.134. The highest BCUT2D eigenvalue weighted by molar-refractivity contribution is 5.96. The SMILES string of the molecule is CC(C)C[C@H](NC(=O)[C@H](Cc1ccccc1)NC(=O)[C@H](Cc1cnc[nH]1)NC(=O)CCNC(=O)[C@@H](NC(=O)[C@@H](C)NC(=O)[C@H](Cc1c[nH]c2ccccc12)NC(=O)[C@@H](N)CCC(N)=O)C(C)C)C(N)=O. The molecule has 0 saturated heterocycles. The number of H-pyrrole nitrogens is 2. The summed E-state index contributed by atoms with van der Waals surface area (Å²) < 4.78 is 0. The molecule has 2 aromatic carbocycles. The second-order valence-corrected chi connectivity index (χ2v) is 18.0. The van der Waals surface area contributed by atoms with Gasteiger partial charge in [0.15, 0.2) is 0 Å². The van der Waals surface area contributed by atoms with Gasteiger partial charge in [-0.2, -0.15) is 0 Å². The van der Waals surface area contributed by atoms with Crippen molar-refractivity contribution in [1.82, 2.24) is 52.2 Å². The van der Waals surface area contributed by atoms with Crippen molar-refractivity contribution in [2.45, 2.75) is 122 Å². The van der Waals surface area contributed by atoms with Gasteiger partial charge in [0.05, 0.1) is 12.4 Å². The molecule has 0 radical (unpaired) electrons. The van der Waals surface area contributed by atoms with E-state index in [1.807, 2.05) is 38.1 Å². The van der Waals surface area contributed by atoms with Crippen LogP contribution in [0, 0.1) is 11.8 Å². The number of amides is 9. The lowest BCUT2D eigenvalue weighted by atomic mass is 10.0. The summed E-state index contributed by atoms with van der Waals surface area (Å²) >= 11 is 0. The van der Waals surface area contributed by atoms with Crippen LogP contribution in [-0.2, 0) is 62.4 Å². The third-order valence-electron chi connectivity index (χ3n) is 11.3. The largest absolute Gasteiger partial charge is 0.370 e. The lowest BCUT2D eigenvalue weighted by Crippen LogP contribution is -2.58. The Bertz CT molecular complexity index is 2420. The third kappa shape index (κ3) is 17.5. The van der Waals surface area contributed by atoms with Crippen LogP contribution in [0.2, 0.25) is 0 Å². The molecule has 4 aromatic rings. The Morgan fingerprint density at radius 1 is 0.629 bits per heavy atom. The highest BCUT2D eigenvalue weighted by Crippen LogP contribution is 2.20. The Hall–Kier alpha value is -7.62. The van der Waals surface area contributed by atoms with Gasteiger partial charge in [-0.25, -0.2) is 4.98 Å². The van der Waals surface area contributed by atoms with Gasteiger partial charge >= 0.3 is 0 Å². The van der Waals surface area contributed by atoms with E-state index in [0.29, 0.717) is 11.3 Å². The van der Waals surface area contributed by atoms with Gasteiger partial charge in [0.1, 0.15) is 36.3 Å². The molecular weight excluding hydrogens is 903 g/mol. The zero-order valence-corrected chi connectivity index (χ0v) is 40.1. The summed E-state index contributed by atoms with van der Waals surface area (Å²) in [4.78, 5) is 128. The number of rotatable bonds is 28. The third-order valence-corrected chi connectivity index (χ3v) is 11.3. The molecule has 2 heterocycles. The Labute approximate surface area is 406 Å². The first-order valence-electron chi connectivity index (χ1n) is 23.2. The molecule has 0 aliphatic carbocycles. The van der Waals surface area contributed by atoms with Crippen molar-refractivity contribution in [3.05, 3.63) is 90.1 Å². The molecule has 2 aromatic heterocycles. The molecule has 0 fully saturated rings. The number of hydrogen-bond acceptors (Lipinski definition) is 11. The van der Waals surface area contributed by atoms with Crippen LogP contribution in [0.5, 0.6) is 0 Å². The first kappa shape index (κ1) is 55.0. The highest BCUT2D eigenvalue weighted by Gasteiger charge is 2.32. The first-order chi connectivity index (χ1) is 33.2. The van der Waals surface area contributed by atoms with Crippen molar-refractivity contribution in [3.63, 3.8) is 0 Å². The zero-order valence-electron chi connectivity index (χ0n) is 40.1. The van der Waals surface area contributed by atoms with Crippen LogP contribution in [0.25, 0.3) is 10.9 Å². The van der Waals surface area contributed by atoms with Crippen molar-refractivity contribution in [1.29, 1.82) is 0 Å². The van der Waals surface area contributed by atoms with Crippen molar-refractivity contribution in [2.75, 3.05) is 6.54 Å². The maximum Gasteiger partial charge on any atom is 0.243 e. The molecule has 22 heteroatoms. The standard InChI is InChI=1S/C48H67N13O9/c1-26(2)19-35(42(51)64)58-46(68)36(20-29-11-7-6-8-12-29)60-47(69)38(22-31-24-52-25-55-31)57-40(63)17-18-53-48(70)41(27(3)4)61-43(65)28(5)56-45(67)37(59-44(66)33(49)15-16-39(50)62)21-30-23-54-34-14-10-9-13-32(30)34/h6-14,23-28,33,35-38,41,54H,15-22,49H2,1-5H3,(H2,50,62)(H2,51,64)(H,52,55)(H,53,70)(H,56,67)(H,57,63)(H,58,68)(H,59,66)(H,60,69)(H,61,65)/t28-,33+,35+,36+,37+,38+,41+/m1/s1. The summed E-state index contributed by atoms with van der Waals surface area (Å²) in [7, 11) is 0. The van der Waals surface area contributed by atoms with Crippen LogP contribution in [0.3, 0.4) is 0 Å². The monoisotopic (exact) mass is 970 g/mol. The average Bonchev–Trinajstić information content (AvgIpc) is 3.98. The van der Waals surface area contributed by atoms with E-state index in [2.05, 4.69) is 52.2 Å². The molecule has 22 nitrogen and oxygen atoms in total. The molecule has 0 saturated carbocycles. The summed E-state index contributed by atoms with van der Waals surface area (Å²) in [5.74, 6) is -6.54. The Morgan fingerprint density at radius 2 is 1.24 bits per heavy atom. The number of aromatic amines is 2. The smallest absolute Gasteiger partial charge is 0.243 e. The van der Waals surface area contributed by atoms with E-state index in [-0.39, 0.29) is 57.4 Å². The lowest BCUT2D eigenvalue weighted by Gasteiger charge is -2.26. The maximum atomic E-state index is 13.9. The first-order valence-corrected chi connectivity index (χ1v) is 23.2. The summed E-state index contributed by atoms with van der Waals surface area (Å²) in [6.45, 7) is 8.34. The molecular formula is C48H67N13O9. The van der Waals surface area contributed by atoms with Crippen molar-refractivity contribution < 1.29 is 43.2 Å². The van der Waals surface area contributed by atoms with E-state index in [1.165, 1.54) is 19.4 Å². The number of imidazole rings is 1. The van der Waals surface area contributed by atoms with Gasteiger partial charge in [0.25, 0.3) is 0 Å². The normalized spacial score (nSPS) is 14.2. The number of primary amides is 2. The van der Waals surface area contributed by atoms with Crippen molar-refractivity contribution in [2.24, 2.45) is 29.0 Å². The minimum atomic E-state index is -1.22. The number of nitrogens with zero attached hydrogens (tertiary/aromatic N) is 1. The topological polar surface area (TPSA) is 360 Å². The summed E-state index contributed by atoms with van der Waals surface area (Å²) in [5, 5.41) is 19.4. The van der Waals surface area contributed by atoms with Gasteiger partial charge in [-0.05, 0) is 48.8 Å². The fourth-order valence-corrected chi connectivity index (χ4v) is 7.45. The summed E-state index contributed by atoms with van der Waals surface area (Å²) in [6.07, 6.45) is 4.41. The molecule has 0 aliphatic heterocycles. The van der Waals surface area contributed by atoms with Crippen LogP contribution in [0.1, 0.15) is 77.1 Å². The van der Waals surface area contributed by atoms with E-state index < -0.39 is 101 Å². The molecule has 15 N–H and O–H groups in total. The number of carbonyl (C=O) groups excluding carboxylic acids is 9. The van der Waals surface area contributed by atoms with Crippen molar-refractivity contribution >= 4 is 64.1 Å². The summed E-state index contributed by atoms with van der Waals surface area (Å²) in [6, 6.07) is 8.26. The number of nitrogens with one attached hydrogen (secondary N) is 9. The van der Waals surface area contributed by atoms with Crippen LogP contribution >= 0.6 is 0 Å². The highest BCUT2D eigenvalue weighted by atomic mass is 16.2. The molecule has 4 rings (SSSR count). The number of carbonyl (C=O) groups is 9. The maximum absolute atomic E-state index is 13.9. The number of hydrogen-bond donors (Lipinski definition) is 12. The van der Waals surface area contributed by atoms with Gasteiger partial charge < -0.3 is 64.4 Å². The molecule has 70 heavy (non-hydrogen) atoms. The van der Waals surface area contributed by atoms with Gasteiger partial charge in [-0.1, -0.05) is 76.2 Å². The van der Waals surface area contributed by atoms with E-state index in [1.54, 1.807) is 50.4 Å². The van der Waals surface area contributed by atoms with Gasteiger partial charge in [0.2, 0.25) is 53.2 Å². The second kappa shape index (κ2) is 26.8. The van der Waals surface area contributed by atoms with E-state index in [9.17, 15) is 43.2 Å².